The zero-order valence-corrected chi connectivity index (χ0v) is 10.9. The third-order valence-electron chi connectivity index (χ3n) is 2.47. The second-order valence-corrected chi connectivity index (χ2v) is 4.42. The van der Waals surface area contributed by atoms with Crippen LogP contribution in [0, 0.1) is 0 Å². The molecule has 0 aliphatic rings. The fourth-order valence-corrected chi connectivity index (χ4v) is 1.91. The highest BCUT2D eigenvalue weighted by molar-refractivity contribution is 6.30. The number of benzene rings is 1. The largest absolute Gasteiger partial charge is 0.338 e. The quantitative estimate of drug-likeness (QED) is 0.848. The molecule has 0 radical (unpaired) electrons. The molecule has 0 atom stereocenters. The van der Waals surface area contributed by atoms with E-state index in [0.717, 1.165) is 18.5 Å². The van der Waals surface area contributed by atoms with Gasteiger partial charge in [0.1, 0.15) is 0 Å². The van der Waals surface area contributed by atoms with Crippen LogP contribution >= 0.6 is 11.6 Å². The van der Waals surface area contributed by atoms with Crippen LogP contribution in [0.3, 0.4) is 0 Å². The van der Waals surface area contributed by atoms with Gasteiger partial charge in [0.05, 0.1) is 0 Å². The Balaban J connectivity index is 2.69. The summed E-state index contributed by atoms with van der Waals surface area (Å²) in [6, 6.07) is 7.59. The SMILES string of the molecule is CCCN(Cc1cccc(Cl)c1)C(=O)CCN. The monoisotopic (exact) mass is 254 g/mol. The Morgan fingerprint density at radius 2 is 2.24 bits per heavy atom. The Labute approximate surface area is 108 Å². The van der Waals surface area contributed by atoms with E-state index in [9.17, 15) is 4.79 Å². The van der Waals surface area contributed by atoms with Crippen LogP contribution in [0.15, 0.2) is 24.3 Å². The minimum absolute atomic E-state index is 0.106. The number of amides is 1. The first-order chi connectivity index (χ1) is 8.17. The van der Waals surface area contributed by atoms with Gasteiger partial charge in [-0.3, -0.25) is 4.79 Å². The molecule has 0 heterocycles. The molecule has 0 fully saturated rings. The third-order valence-corrected chi connectivity index (χ3v) is 2.70. The molecule has 0 aliphatic carbocycles. The number of carbonyl (C=O) groups is 1. The number of hydrogen-bond donors (Lipinski definition) is 1. The number of halogens is 1. The maximum atomic E-state index is 11.8. The summed E-state index contributed by atoms with van der Waals surface area (Å²) in [5.74, 6) is 0.106. The van der Waals surface area contributed by atoms with Crippen molar-refractivity contribution in [3.8, 4) is 0 Å². The molecule has 0 spiro atoms. The first-order valence-corrected chi connectivity index (χ1v) is 6.27. The molecule has 2 N–H and O–H groups in total. The fraction of sp³-hybridized carbons (Fsp3) is 0.462. The number of carbonyl (C=O) groups excluding carboxylic acids is 1. The van der Waals surface area contributed by atoms with Gasteiger partial charge in [-0.15, -0.1) is 0 Å². The summed E-state index contributed by atoms with van der Waals surface area (Å²) in [5.41, 5.74) is 6.46. The number of nitrogens with zero attached hydrogens (tertiary/aromatic N) is 1. The molecule has 0 aromatic heterocycles. The van der Waals surface area contributed by atoms with Crippen molar-refractivity contribution in [3.05, 3.63) is 34.9 Å². The van der Waals surface area contributed by atoms with Crippen LogP contribution in [-0.2, 0) is 11.3 Å². The second kappa shape index (κ2) is 7.30. The Bertz CT molecular complexity index is 368. The zero-order chi connectivity index (χ0) is 12.7. The average molecular weight is 255 g/mol. The molecule has 1 rings (SSSR count). The van der Waals surface area contributed by atoms with Gasteiger partial charge in [-0.25, -0.2) is 0 Å². The molecule has 1 aromatic rings. The van der Waals surface area contributed by atoms with Crippen molar-refractivity contribution >= 4 is 17.5 Å². The Kier molecular flexibility index (Phi) is 6.01. The minimum atomic E-state index is 0.106. The Morgan fingerprint density at radius 1 is 1.47 bits per heavy atom. The van der Waals surface area contributed by atoms with Gasteiger partial charge in [0, 0.05) is 31.1 Å². The van der Waals surface area contributed by atoms with Crippen LogP contribution < -0.4 is 5.73 Å². The summed E-state index contributed by atoms with van der Waals surface area (Å²) in [6.45, 7) is 3.81. The van der Waals surface area contributed by atoms with E-state index >= 15 is 0 Å². The first-order valence-electron chi connectivity index (χ1n) is 5.89. The van der Waals surface area contributed by atoms with Gasteiger partial charge >= 0.3 is 0 Å². The molecule has 94 valence electrons. The highest BCUT2D eigenvalue weighted by Crippen LogP contribution is 2.13. The van der Waals surface area contributed by atoms with Gasteiger partial charge in [-0.05, 0) is 24.1 Å². The van der Waals surface area contributed by atoms with E-state index in [0.29, 0.717) is 24.5 Å². The van der Waals surface area contributed by atoms with Gasteiger partial charge in [0.2, 0.25) is 5.91 Å². The number of rotatable bonds is 6. The van der Waals surface area contributed by atoms with Gasteiger partial charge in [0.15, 0.2) is 0 Å². The van der Waals surface area contributed by atoms with Gasteiger partial charge < -0.3 is 10.6 Å². The summed E-state index contributed by atoms with van der Waals surface area (Å²) in [5, 5.41) is 0.699. The third kappa shape index (κ3) is 4.75. The summed E-state index contributed by atoms with van der Waals surface area (Å²) >= 11 is 5.92. The molecule has 0 saturated heterocycles. The molecule has 0 aliphatic heterocycles. The van der Waals surface area contributed by atoms with Crippen molar-refractivity contribution in [3.63, 3.8) is 0 Å². The lowest BCUT2D eigenvalue weighted by molar-refractivity contribution is -0.131. The lowest BCUT2D eigenvalue weighted by Crippen LogP contribution is -2.32. The summed E-state index contributed by atoms with van der Waals surface area (Å²) < 4.78 is 0. The predicted octanol–water partition coefficient (Wildman–Crippen LogP) is 2.43. The van der Waals surface area contributed by atoms with Crippen LogP contribution in [0.4, 0.5) is 0 Å². The second-order valence-electron chi connectivity index (χ2n) is 3.98. The average Bonchev–Trinajstić information content (AvgIpc) is 2.29. The van der Waals surface area contributed by atoms with E-state index in [1.807, 2.05) is 29.2 Å². The summed E-state index contributed by atoms with van der Waals surface area (Å²) in [7, 11) is 0. The molecule has 1 amide bonds. The van der Waals surface area contributed by atoms with Gasteiger partial charge in [-0.2, -0.15) is 0 Å². The highest BCUT2D eigenvalue weighted by Gasteiger charge is 2.12. The van der Waals surface area contributed by atoms with Crippen molar-refractivity contribution in [2.24, 2.45) is 5.73 Å². The molecule has 3 nitrogen and oxygen atoms in total. The minimum Gasteiger partial charge on any atom is -0.338 e. The standard InChI is InChI=1S/C13H19ClN2O/c1-2-8-16(13(17)6-7-15)10-11-4-3-5-12(14)9-11/h3-5,9H,2,6-8,10,15H2,1H3. The Hall–Kier alpha value is -1.06. The predicted molar refractivity (Wildman–Crippen MR) is 70.8 cm³/mol. The molecule has 1 aromatic carbocycles. The Morgan fingerprint density at radius 3 is 2.82 bits per heavy atom. The topological polar surface area (TPSA) is 46.3 Å². The van der Waals surface area contributed by atoms with E-state index in [4.69, 9.17) is 17.3 Å². The molecular weight excluding hydrogens is 236 g/mol. The fourth-order valence-electron chi connectivity index (χ4n) is 1.70. The molecule has 0 saturated carbocycles. The summed E-state index contributed by atoms with van der Waals surface area (Å²) in [4.78, 5) is 13.7. The van der Waals surface area contributed by atoms with Gasteiger partial charge in [-0.1, -0.05) is 30.7 Å². The van der Waals surface area contributed by atoms with Crippen LogP contribution in [0.2, 0.25) is 5.02 Å². The molecule has 4 heteroatoms. The highest BCUT2D eigenvalue weighted by atomic mass is 35.5. The van der Waals surface area contributed by atoms with Crippen LogP contribution in [0.25, 0.3) is 0 Å². The van der Waals surface area contributed by atoms with Crippen molar-refractivity contribution in [2.45, 2.75) is 26.3 Å². The number of nitrogens with two attached hydrogens (primary N) is 1. The molecule has 0 bridgehead atoms. The normalized spacial score (nSPS) is 10.3. The van der Waals surface area contributed by atoms with Crippen LogP contribution in [0.5, 0.6) is 0 Å². The van der Waals surface area contributed by atoms with Crippen molar-refractivity contribution in [1.82, 2.24) is 4.90 Å². The van der Waals surface area contributed by atoms with Crippen LogP contribution in [-0.4, -0.2) is 23.9 Å². The first kappa shape index (κ1) is 14.0. The van der Waals surface area contributed by atoms with E-state index in [-0.39, 0.29) is 5.91 Å². The van der Waals surface area contributed by atoms with E-state index in [1.165, 1.54) is 0 Å². The zero-order valence-electron chi connectivity index (χ0n) is 10.2. The van der Waals surface area contributed by atoms with Crippen molar-refractivity contribution < 1.29 is 4.79 Å². The maximum Gasteiger partial charge on any atom is 0.224 e. The van der Waals surface area contributed by atoms with Crippen molar-refractivity contribution in [1.29, 1.82) is 0 Å². The molecular formula is C13H19ClN2O. The van der Waals surface area contributed by atoms with E-state index in [2.05, 4.69) is 6.92 Å². The van der Waals surface area contributed by atoms with E-state index in [1.54, 1.807) is 0 Å². The van der Waals surface area contributed by atoms with E-state index < -0.39 is 0 Å². The summed E-state index contributed by atoms with van der Waals surface area (Å²) in [6.07, 6.45) is 1.34. The van der Waals surface area contributed by atoms with Crippen molar-refractivity contribution in [2.75, 3.05) is 13.1 Å². The number of hydrogen-bond acceptors (Lipinski definition) is 2. The lowest BCUT2D eigenvalue weighted by Gasteiger charge is -2.22. The molecule has 0 unspecified atom stereocenters. The smallest absolute Gasteiger partial charge is 0.224 e. The van der Waals surface area contributed by atoms with Crippen LogP contribution in [0.1, 0.15) is 25.3 Å². The molecule has 17 heavy (non-hydrogen) atoms. The van der Waals surface area contributed by atoms with Gasteiger partial charge in [0.25, 0.3) is 0 Å². The maximum absolute atomic E-state index is 11.8. The lowest BCUT2D eigenvalue weighted by atomic mass is 10.2.